The minimum atomic E-state index is 0.0944. The highest BCUT2D eigenvalue weighted by Gasteiger charge is 2.29. The number of aromatic nitrogens is 3. The summed E-state index contributed by atoms with van der Waals surface area (Å²) >= 11 is 0. The Labute approximate surface area is 176 Å². The van der Waals surface area contributed by atoms with Crippen molar-refractivity contribution in [2.75, 3.05) is 26.7 Å². The second kappa shape index (κ2) is 8.47. The molecule has 3 heterocycles. The Balaban J connectivity index is 1.43. The quantitative estimate of drug-likeness (QED) is 0.595. The molecule has 1 aromatic carbocycles. The summed E-state index contributed by atoms with van der Waals surface area (Å²) in [5.41, 5.74) is 2.48. The van der Waals surface area contributed by atoms with E-state index in [4.69, 9.17) is 9.26 Å². The monoisotopic (exact) mass is 411 g/mol. The van der Waals surface area contributed by atoms with Gasteiger partial charge in [0.15, 0.2) is 5.82 Å². The summed E-state index contributed by atoms with van der Waals surface area (Å²) in [5.74, 6) is 2.17. The van der Waals surface area contributed by atoms with Gasteiger partial charge >= 0.3 is 0 Å². The first-order valence-electron chi connectivity index (χ1n) is 10.4. The number of likely N-dealkylation sites (tertiary alicyclic amines) is 1. The average molecular weight is 412 g/mol. The van der Waals surface area contributed by atoms with Crippen LogP contribution in [0.15, 0.2) is 28.9 Å². The van der Waals surface area contributed by atoms with Gasteiger partial charge in [0.1, 0.15) is 5.75 Å². The van der Waals surface area contributed by atoms with Crippen LogP contribution in [-0.4, -0.2) is 63.2 Å². The van der Waals surface area contributed by atoms with Crippen LogP contribution in [-0.2, 0) is 24.8 Å². The number of amides is 1. The number of nitrogens with zero attached hydrogens (tertiary/aromatic N) is 5. The predicted octanol–water partition coefficient (Wildman–Crippen LogP) is 2.54. The van der Waals surface area contributed by atoms with Gasteiger partial charge in [0.05, 0.1) is 7.11 Å². The van der Waals surface area contributed by atoms with E-state index in [1.807, 2.05) is 11.0 Å². The zero-order chi connectivity index (χ0) is 21.3. The van der Waals surface area contributed by atoms with Crippen LogP contribution < -0.4 is 4.74 Å². The van der Waals surface area contributed by atoms with Crippen LogP contribution in [0, 0.1) is 6.92 Å². The third-order valence-corrected chi connectivity index (χ3v) is 5.91. The van der Waals surface area contributed by atoms with Crippen molar-refractivity contribution in [3.05, 3.63) is 41.7 Å². The number of rotatable bonds is 7. The molecular formula is C22H29N5O3. The summed E-state index contributed by atoms with van der Waals surface area (Å²) in [6.45, 7) is 6.72. The number of carbonyl (C=O) groups is 1. The van der Waals surface area contributed by atoms with Crippen LogP contribution >= 0.6 is 0 Å². The SMILES string of the molecule is COc1ccc2c(c1)c(CN1CCC(N(CCc3noc(C)n3)C(C)=O)C1)cn2C. The van der Waals surface area contributed by atoms with E-state index in [0.717, 1.165) is 31.8 Å². The normalized spacial score (nSPS) is 17.0. The lowest BCUT2D eigenvalue weighted by Gasteiger charge is -2.27. The first-order chi connectivity index (χ1) is 14.4. The minimum Gasteiger partial charge on any atom is -0.497 e. The fraction of sp³-hybridized carbons (Fsp3) is 0.500. The fourth-order valence-corrected chi connectivity index (χ4v) is 4.42. The Hall–Kier alpha value is -2.87. The van der Waals surface area contributed by atoms with Gasteiger partial charge in [-0.25, -0.2) is 0 Å². The summed E-state index contributed by atoms with van der Waals surface area (Å²) in [6, 6.07) is 6.41. The van der Waals surface area contributed by atoms with Crippen molar-refractivity contribution in [3.8, 4) is 5.75 Å². The lowest BCUT2D eigenvalue weighted by molar-refractivity contribution is -0.130. The van der Waals surface area contributed by atoms with Gasteiger partial charge in [-0.2, -0.15) is 4.98 Å². The molecule has 30 heavy (non-hydrogen) atoms. The van der Waals surface area contributed by atoms with E-state index in [1.54, 1.807) is 21.0 Å². The molecule has 2 aromatic heterocycles. The molecule has 1 unspecified atom stereocenters. The van der Waals surface area contributed by atoms with Crippen LogP contribution in [0.2, 0.25) is 0 Å². The second-order valence-electron chi connectivity index (χ2n) is 8.02. The van der Waals surface area contributed by atoms with Gasteiger partial charge in [0, 0.05) is 76.6 Å². The van der Waals surface area contributed by atoms with Gasteiger partial charge in [-0.15, -0.1) is 0 Å². The van der Waals surface area contributed by atoms with Gasteiger partial charge in [-0.05, 0) is 30.2 Å². The highest BCUT2D eigenvalue weighted by molar-refractivity contribution is 5.85. The lowest BCUT2D eigenvalue weighted by atomic mass is 10.1. The molecule has 0 radical (unpaired) electrons. The topological polar surface area (TPSA) is 76.6 Å². The summed E-state index contributed by atoms with van der Waals surface area (Å²) in [4.78, 5) is 20.9. The Kier molecular flexibility index (Phi) is 5.76. The zero-order valence-electron chi connectivity index (χ0n) is 18.1. The molecule has 1 aliphatic heterocycles. The molecule has 0 aliphatic carbocycles. The molecule has 8 nitrogen and oxygen atoms in total. The first kappa shape index (κ1) is 20.4. The van der Waals surface area contributed by atoms with Gasteiger partial charge in [-0.3, -0.25) is 9.69 Å². The minimum absolute atomic E-state index is 0.0944. The molecule has 160 valence electrons. The van der Waals surface area contributed by atoms with E-state index >= 15 is 0 Å². The molecule has 1 amide bonds. The summed E-state index contributed by atoms with van der Waals surface area (Å²) in [7, 11) is 3.77. The molecule has 3 aromatic rings. The number of carbonyl (C=O) groups excluding carboxylic acids is 1. The fourth-order valence-electron chi connectivity index (χ4n) is 4.42. The van der Waals surface area contributed by atoms with Crippen LogP contribution in [0.3, 0.4) is 0 Å². The van der Waals surface area contributed by atoms with Crippen molar-refractivity contribution in [1.29, 1.82) is 0 Å². The summed E-state index contributed by atoms with van der Waals surface area (Å²) < 4.78 is 12.6. The van der Waals surface area contributed by atoms with Gasteiger partial charge in [0.2, 0.25) is 11.8 Å². The van der Waals surface area contributed by atoms with Crippen molar-refractivity contribution in [3.63, 3.8) is 0 Å². The smallest absolute Gasteiger partial charge is 0.223 e. The van der Waals surface area contributed by atoms with E-state index in [-0.39, 0.29) is 11.9 Å². The van der Waals surface area contributed by atoms with E-state index in [9.17, 15) is 4.79 Å². The maximum absolute atomic E-state index is 12.3. The largest absolute Gasteiger partial charge is 0.497 e. The molecule has 4 rings (SSSR count). The van der Waals surface area contributed by atoms with E-state index < -0.39 is 0 Å². The molecular weight excluding hydrogens is 382 g/mol. The van der Waals surface area contributed by atoms with Crippen LogP contribution in [0.4, 0.5) is 0 Å². The van der Waals surface area contributed by atoms with Crippen LogP contribution in [0.5, 0.6) is 5.75 Å². The van der Waals surface area contributed by atoms with Crippen molar-refractivity contribution in [1.82, 2.24) is 24.5 Å². The Morgan fingerprint density at radius 3 is 2.93 bits per heavy atom. The number of ether oxygens (including phenoxy) is 1. The highest BCUT2D eigenvalue weighted by Crippen LogP contribution is 2.28. The number of methoxy groups -OCH3 is 1. The standard InChI is InChI=1S/C22H29N5O3/c1-15-23-22(24-30-15)8-10-27(16(2)28)18-7-9-26(14-18)13-17-12-25(3)21-6-5-19(29-4)11-20(17)21/h5-6,11-12,18H,7-10,13-14H2,1-4H3. The van der Waals surface area contributed by atoms with E-state index in [1.165, 1.54) is 16.5 Å². The van der Waals surface area contributed by atoms with Gasteiger partial charge < -0.3 is 18.7 Å². The molecule has 0 N–H and O–H groups in total. The number of hydrogen-bond donors (Lipinski definition) is 0. The number of aryl methyl sites for hydroxylation is 2. The average Bonchev–Trinajstić information content (AvgIpc) is 3.42. The molecule has 0 spiro atoms. The Bertz CT molecular complexity index is 1040. The molecule has 1 fully saturated rings. The third-order valence-electron chi connectivity index (χ3n) is 5.91. The highest BCUT2D eigenvalue weighted by atomic mass is 16.5. The third kappa shape index (κ3) is 4.18. The number of hydrogen-bond acceptors (Lipinski definition) is 6. The summed E-state index contributed by atoms with van der Waals surface area (Å²) in [5, 5.41) is 5.16. The number of benzene rings is 1. The van der Waals surface area contributed by atoms with Crippen molar-refractivity contribution < 1.29 is 14.1 Å². The molecule has 0 saturated carbocycles. The predicted molar refractivity (Wildman–Crippen MR) is 113 cm³/mol. The Morgan fingerprint density at radius 2 is 2.23 bits per heavy atom. The summed E-state index contributed by atoms with van der Waals surface area (Å²) in [6.07, 6.45) is 3.77. The zero-order valence-corrected chi connectivity index (χ0v) is 18.1. The molecule has 8 heteroatoms. The van der Waals surface area contributed by atoms with E-state index in [2.05, 4.69) is 45.0 Å². The molecule has 1 atom stereocenters. The second-order valence-corrected chi connectivity index (χ2v) is 8.02. The Morgan fingerprint density at radius 1 is 1.40 bits per heavy atom. The molecule has 1 saturated heterocycles. The van der Waals surface area contributed by atoms with E-state index in [0.29, 0.717) is 24.7 Å². The van der Waals surface area contributed by atoms with Crippen molar-refractivity contribution in [2.45, 2.75) is 39.3 Å². The molecule has 0 bridgehead atoms. The lowest BCUT2D eigenvalue weighted by Crippen LogP contribution is -2.42. The maximum Gasteiger partial charge on any atom is 0.223 e. The van der Waals surface area contributed by atoms with Gasteiger partial charge in [-0.1, -0.05) is 5.16 Å². The molecule has 1 aliphatic rings. The maximum atomic E-state index is 12.3. The van der Waals surface area contributed by atoms with Crippen LogP contribution in [0.25, 0.3) is 10.9 Å². The van der Waals surface area contributed by atoms with Crippen molar-refractivity contribution >= 4 is 16.8 Å². The van der Waals surface area contributed by atoms with Gasteiger partial charge in [0.25, 0.3) is 0 Å². The number of fused-ring (bicyclic) bond motifs is 1. The first-order valence-corrected chi connectivity index (χ1v) is 10.4. The van der Waals surface area contributed by atoms with Crippen LogP contribution in [0.1, 0.15) is 30.6 Å². The van der Waals surface area contributed by atoms with Crippen molar-refractivity contribution in [2.24, 2.45) is 7.05 Å².